The van der Waals surface area contributed by atoms with Crippen LogP contribution in [0.1, 0.15) is 0 Å². The van der Waals surface area contributed by atoms with E-state index in [4.69, 9.17) is 4.74 Å². The number of nitrogens with zero attached hydrogens (tertiary/aromatic N) is 3. The lowest BCUT2D eigenvalue weighted by Gasteiger charge is -2.10. The minimum absolute atomic E-state index is 0.157. The molecular formula is C18H17N5O4. The smallest absolute Gasteiger partial charge is 0.325 e. The summed E-state index contributed by atoms with van der Waals surface area (Å²) in [6, 6.07) is 14.7. The SMILES string of the molecule is COc1ccc([N+](=O)[O-])cc1NC(=O)Nc1cc(-c2ccccc2)n(C)n1. The number of anilines is 2. The van der Waals surface area contributed by atoms with Gasteiger partial charge in [0.15, 0.2) is 5.82 Å². The number of aryl methyl sites for hydroxylation is 1. The van der Waals surface area contributed by atoms with Crippen LogP contribution >= 0.6 is 0 Å². The third kappa shape index (κ3) is 4.03. The van der Waals surface area contributed by atoms with Crippen LogP contribution in [-0.4, -0.2) is 27.8 Å². The van der Waals surface area contributed by atoms with Crippen molar-refractivity contribution < 1.29 is 14.5 Å². The highest BCUT2D eigenvalue weighted by atomic mass is 16.6. The number of carbonyl (C=O) groups is 1. The molecule has 0 saturated heterocycles. The molecule has 0 aliphatic rings. The van der Waals surface area contributed by atoms with E-state index in [0.717, 1.165) is 11.3 Å². The number of carbonyl (C=O) groups excluding carboxylic acids is 1. The van der Waals surface area contributed by atoms with Crippen LogP contribution in [0.2, 0.25) is 0 Å². The predicted molar refractivity (Wildman–Crippen MR) is 101 cm³/mol. The van der Waals surface area contributed by atoms with E-state index in [1.54, 1.807) is 17.8 Å². The summed E-state index contributed by atoms with van der Waals surface area (Å²) < 4.78 is 6.78. The van der Waals surface area contributed by atoms with Gasteiger partial charge in [-0.3, -0.25) is 20.1 Å². The minimum atomic E-state index is -0.591. The maximum Gasteiger partial charge on any atom is 0.325 e. The molecule has 0 spiro atoms. The standard InChI is InChI=1S/C18H17N5O4/c1-22-15(12-6-4-3-5-7-12)11-17(21-22)20-18(24)19-14-10-13(23(25)26)8-9-16(14)27-2/h3-11H,1-2H3,(H2,19,20,21,24). The molecule has 9 nitrogen and oxygen atoms in total. The number of amides is 2. The highest BCUT2D eigenvalue weighted by Gasteiger charge is 2.15. The Balaban J connectivity index is 1.77. The number of nitro groups is 1. The van der Waals surface area contributed by atoms with Gasteiger partial charge in [0.05, 0.1) is 23.4 Å². The summed E-state index contributed by atoms with van der Waals surface area (Å²) >= 11 is 0. The maximum absolute atomic E-state index is 12.3. The summed E-state index contributed by atoms with van der Waals surface area (Å²) in [6.07, 6.45) is 0. The first kappa shape index (κ1) is 17.9. The zero-order valence-electron chi connectivity index (χ0n) is 14.7. The zero-order valence-corrected chi connectivity index (χ0v) is 14.7. The fourth-order valence-corrected chi connectivity index (χ4v) is 2.58. The van der Waals surface area contributed by atoms with Crippen molar-refractivity contribution in [2.24, 2.45) is 7.05 Å². The molecule has 0 atom stereocenters. The van der Waals surface area contributed by atoms with E-state index in [1.165, 1.54) is 25.3 Å². The molecular weight excluding hydrogens is 350 g/mol. The summed E-state index contributed by atoms with van der Waals surface area (Å²) in [7, 11) is 3.18. The average Bonchev–Trinajstić information content (AvgIpc) is 3.02. The monoisotopic (exact) mass is 367 g/mol. The molecule has 27 heavy (non-hydrogen) atoms. The van der Waals surface area contributed by atoms with Gasteiger partial charge in [-0.15, -0.1) is 0 Å². The molecule has 0 radical (unpaired) electrons. The third-order valence-electron chi connectivity index (χ3n) is 3.83. The first-order valence-corrected chi connectivity index (χ1v) is 7.98. The first-order valence-electron chi connectivity index (χ1n) is 7.98. The topological polar surface area (TPSA) is 111 Å². The molecule has 1 aromatic heterocycles. The van der Waals surface area contributed by atoms with Crippen LogP contribution in [0.5, 0.6) is 5.75 Å². The van der Waals surface area contributed by atoms with Crippen molar-refractivity contribution in [3.8, 4) is 17.0 Å². The van der Waals surface area contributed by atoms with Gasteiger partial charge in [-0.05, 0) is 11.6 Å². The molecule has 9 heteroatoms. The maximum atomic E-state index is 12.3. The van der Waals surface area contributed by atoms with Crippen LogP contribution in [0.25, 0.3) is 11.3 Å². The Labute approximate surface area is 154 Å². The zero-order chi connectivity index (χ0) is 19.4. The fraction of sp³-hybridized carbons (Fsp3) is 0.111. The summed E-state index contributed by atoms with van der Waals surface area (Å²) in [5, 5.41) is 20.3. The van der Waals surface area contributed by atoms with E-state index in [0.29, 0.717) is 11.6 Å². The Morgan fingerprint density at radius 2 is 1.89 bits per heavy atom. The fourth-order valence-electron chi connectivity index (χ4n) is 2.58. The van der Waals surface area contributed by atoms with Crippen molar-refractivity contribution >= 4 is 23.2 Å². The van der Waals surface area contributed by atoms with Crippen molar-refractivity contribution in [1.29, 1.82) is 0 Å². The lowest BCUT2D eigenvalue weighted by atomic mass is 10.1. The van der Waals surface area contributed by atoms with Crippen molar-refractivity contribution in [2.45, 2.75) is 0 Å². The first-order chi connectivity index (χ1) is 13.0. The van der Waals surface area contributed by atoms with E-state index < -0.39 is 11.0 Å². The van der Waals surface area contributed by atoms with Crippen molar-refractivity contribution in [1.82, 2.24) is 9.78 Å². The summed E-state index contributed by atoms with van der Waals surface area (Å²) in [4.78, 5) is 22.7. The predicted octanol–water partition coefficient (Wildman–Crippen LogP) is 3.65. The Bertz CT molecular complexity index is 985. The summed E-state index contributed by atoms with van der Waals surface area (Å²) in [5.74, 6) is 0.653. The number of nitrogens with one attached hydrogen (secondary N) is 2. The normalized spacial score (nSPS) is 10.3. The van der Waals surface area contributed by atoms with Crippen LogP contribution in [0.15, 0.2) is 54.6 Å². The quantitative estimate of drug-likeness (QED) is 0.528. The van der Waals surface area contributed by atoms with Crippen molar-refractivity contribution in [3.05, 3.63) is 64.7 Å². The summed E-state index contributed by atoms with van der Waals surface area (Å²) in [6.45, 7) is 0. The van der Waals surface area contributed by atoms with Crippen LogP contribution in [0.3, 0.4) is 0 Å². The lowest BCUT2D eigenvalue weighted by Crippen LogP contribution is -2.20. The van der Waals surface area contributed by atoms with Gasteiger partial charge < -0.3 is 10.1 Å². The minimum Gasteiger partial charge on any atom is -0.495 e. The van der Waals surface area contributed by atoms with E-state index in [-0.39, 0.29) is 11.4 Å². The van der Waals surface area contributed by atoms with Gasteiger partial charge in [0.2, 0.25) is 0 Å². The van der Waals surface area contributed by atoms with Crippen LogP contribution < -0.4 is 15.4 Å². The molecule has 1 heterocycles. The molecule has 3 aromatic rings. The highest BCUT2D eigenvalue weighted by Crippen LogP contribution is 2.29. The van der Waals surface area contributed by atoms with Gasteiger partial charge in [-0.2, -0.15) is 5.10 Å². The number of urea groups is 1. The molecule has 0 bridgehead atoms. The Morgan fingerprint density at radius 3 is 2.56 bits per heavy atom. The molecule has 3 rings (SSSR count). The molecule has 0 aliphatic heterocycles. The lowest BCUT2D eigenvalue weighted by molar-refractivity contribution is -0.384. The molecule has 0 saturated carbocycles. The Morgan fingerprint density at radius 1 is 1.15 bits per heavy atom. The average molecular weight is 367 g/mol. The number of non-ortho nitro benzene ring substituents is 1. The molecule has 0 unspecified atom stereocenters. The van der Waals surface area contributed by atoms with Crippen LogP contribution in [-0.2, 0) is 7.05 Å². The van der Waals surface area contributed by atoms with Crippen molar-refractivity contribution in [3.63, 3.8) is 0 Å². The van der Waals surface area contributed by atoms with Gasteiger partial charge in [0, 0.05) is 25.2 Å². The molecule has 138 valence electrons. The van der Waals surface area contributed by atoms with Gasteiger partial charge in [0.1, 0.15) is 5.75 Å². The number of benzene rings is 2. The van der Waals surface area contributed by atoms with Gasteiger partial charge in [0.25, 0.3) is 5.69 Å². The molecule has 0 aliphatic carbocycles. The number of hydrogen-bond donors (Lipinski definition) is 2. The second-order valence-electron chi connectivity index (χ2n) is 5.63. The molecule has 0 fully saturated rings. The third-order valence-corrected chi connectivity index (χ3v) is 3.83. The van der Waals surface area contributed by atoms with E-state index in [9.17, 15) is 14.9 Å². The number of methoxy groups -OCH3 is 1. The summed E-state index contributed by atoms with van der Waals surface area (Å²) in [5.41, 5.74) is 1.82. The van der Waals surface area contributed by atoms with E-state index in [2.05, 4.69) is 15.7 Å². The van der Waals surface area contributed by atoms with Gasteiger partial charge in [-0.1, -0.05) is 30.3 Å². The van der Waals surface area contributed by atoms with E-state index in [1.807, 2.05) is 30.3 Å². The molecule has 2 amide bonds. The molecule has 2 aromatic carbocycles. The highest BCUT2D eigenvalue weighted by molar-refractivity contribution is 6.00. The van der Waals surface area contributed by atoms with Crippen molar-refractivity contribution in [2.75, 3.05) is 17.7 Å². The van der Waals surface area contributed by atoms with Crippen LogP contribution in [0.4, 0.5) is 22.0 Å². The second-order valence-corrected chi connectivity index (χ2v) is 5.63. The molecule has 2 N–H and O–H groups in total. The van der Waals surface area contributed by atoms with E-state index >= 15 is 0 Å². The number of hydrogen-bond acceptors (Lipinski definition) is 5. The Hall–Kier alpha value is -3.88. The Kier molecular flexibility index (Phi) is 5.02. The van der Waals surface area contributed by atoms with Crippen LogP contribution in [0, 0.1) is 10.1 Å². The number of aromatic nitrogens is 2. The number of rotatable bonds is 5. The largest absolute Gasteiger partial charge is 0.495 e. The van der Waals surface area contributed by atoms with Gasteiger partial charge in [-0.25, -0.2) is 4.79 Å². The number of ether oxygens (including phenoxy) is 1. The number of nitro benzene ring substituents is 1. The second kappa shape index (κ2) is 7.56. The van der Waals surface area contributed by atoms with Gasteiger partial charge >= 0.3 is 6.03 Å².